The molecule has 2 aromatic carbocycles. The summed E-state index contributed by atoms with van der Waals surface area (Å²) in [6.07, 6.45) is 1.73. The highest BCUT2D eigenvalue weighted by Gasteiger charge is 2.18. The van der Waals surface area contributed by atoms with E-state index in [0.717, 1.165) is 38.3 Å². The lowest BCUT2D eigenvalue weighted by molar-refractivity contribution is 0.250. The number of anilines is 1. The minimum absolute atomic E-state index is 0.169. The fraction of sp³-hybridized carbons (Fsp3) is 0.300. The molecule has 0 bridgehead atoms. The summed E-state index contributed by atoms with van der Waals surface area (Å²) in [6.45, 7) is 7.42. The Bertz CT molecular complexity index is 767. The third-order valence-electron chi connectivity index (χ3n) is 4.57. The van der Waals surface area contributed by atoms with E-state index in [4.69, 9.17) is 18.0 Å². The summed E-state index contributed by atoms with van der Waals surface area (Å²) < 4.78 is 0. The van der Waals surface area contributed by atoms with Crippen molar-refractivity contribution in [3.05, 3.63) is 65.2 Å². The van der Waals surface area contributed by atoms with Crippen molar-refractivity contribution in [2.75, 3.05) is 31.1 Å². The maximum atomic E-state index is 5.36. The zero-order valence-electron chi connectivity index (χ0n) is 15.1. The van der Waals surface area contributed by atoms with Crippen molar-refractivity contribution in [1.82, 2.24) is 10.3 Å². The van der Waals surface area contributed by atoms with Crippen LogP contribution in [0.1, 0.15) is 16.7 Å². The van der Waals surface area contributed by atoms with Gasteiger partial charge in [-0.25, -0.2) is 0 Å². The van der Waals surface area contributed by atoms with Crippen LogP contribution in [-0.2, 0) is 6.54 Å². The molecule has 5 nitrogen and oxygen atoms in total. The predicted octanol–water partition coefficient (Wildman–Crippen LogP) is 2.48. The molecule has 1 aliphatic rings. The second-order valence-corrected chi connectivity index (χ2v) is 6.97. The summed E-state index contributed by atoms with van der Waals surface area (Å²) in [5.41, 5.74) is 12.9. The molecule has 0 radical (unpaired) electrons. The first-order valence-electron chi connectivity index (χ1n) is 8.82. The molecule has 0 atom stereocenters. The lowest BCUT2D eigenvalue weighted by Gasteiger charge is -2.37. The van der Waals surface area contributed by atoms with Crippen LogP contribution >= 0.6 is 12.2 Å². The highest BCUT2D eigenvalue weighted by atomic mass is 32.1. The summed E-state index contributed by atoms with van der Waals surface area (Å²) in [6, 6.07) is 17.1. The molecule has 0 aromatic heterocycles. The molecule has 26 heavy (non-hydrogen) atoms. The molecular formula is C20H25N5S. The van der Waals surface area contributed by atoms with Crippen LogP contribution in [0.25, 0.3) is 0 Å². The van der Waals surface area contributed by atoms with Crippen molar-refractivity contribution in [1.29, 1.82) is 0 Å². The van der Waals surface area contributed by atoms with Crippen LogP contribution in [0.2, 0.25) is 0 Å². The first-order chi connectivity index (χ1) is 12.6. The second-order valence-electron chi connectivity index (χ2n) is 6.53. The standard InChI is InChI=1S/C20H25N5S/c1-16-13-18(14-22-23-20(21)26)7-8-19(16)25-11-9-24(10-12-25)15-17-5-3-2-4-6-17/h2-8,13-14H,9-12,15H2,1H3,(H3,21,23,26)/b22-14+. The van der Waals surface area contributed by atoms with Crippen LogP contribution in [-0.4, -0.2) is 42.4 Å². The summed E-state index contributed by atoms with van der Waals surface area (Å²) in [4.78, 5) is 4.98. The Morgan fingerprint density at radius 2 is 1.88 bits per heavy atom. The van der Waals surface area contributed by atoms with Crippen LogP contribution < -0.4 is 16.1 Å². The van der Waals surface area contributed by atoms with Crippen molar-refractivity contribution in [2.45, 2.75) is 13.5 Å². The molecule has 3 N–H and O–H groups in total. The van der Waals surface area contributed by atoms with Gasteiger partial charge in [-0.15, -0.1) is 0 Å². The van der Waals surface area contributed by atoms with Crippen LogP contribution in [0.15, 0.2) is 53.6 Å². The molecule has 136 valence electrons. The maximum absolute atomic E-state index is 5.36. The number of hydrogen-bond donors (Lipinski definition) is 2. The first kappa shape index (κ1) is 18.4. The number of rotatable bonds is 5. The highest BCUT2D eigenvalue weighted by molar-refractivity contribution is 7.80. The van der Waals surface area contributed by atoms with Crippen molar-refractivity contribution >= 4 is 29.2 Å². The van der Waals surface area contributed by atoms with Gasteiger partial charge in [-0.2, -0.15) is 5.10 Å². The van der Waals surface area contributed by atoms with Gasteiger partial charge in [-0.1, -0.05) is 36.4 Å². The van der Waals surface area contributed by atoms with E-state index in [1.165, 1.54) is 16.8 Å². The second kappa shape index (κ2) is 8.78. The number of nitrogens with one attached hydrogen (secondary N) is 1. The molecule has 0 aliphatic carbocycles. The summed E-state index contributed by atoms with van der Waals surface area (Å²) in [5.74, 6) is 0. The van der Waals surface area contributed by atoms with Crippen molar-refractivity contribution in [2.24, 2.45) is 10.8 Å². The molecule has 2 aromatic rings. The molecule has 0 spiro atoms. The lowest BCUT2D eigenvalue weighted by atomic mass is 10.1. The quantitative estimate of drug-likeness (QED) is 0.483. The first-order valence-corrected chi connectivity index (χ1v) is 9.23. The van der Waals surface area contributed by atoms with E-state index in [9.17, 15) is 0 Å². The van der Waals surface area contributed by atoms with Gasteiger partial charge in [0.1, 0.15) is 0 Å². The van der Waals surface area contributed by atoms with Gasteiger partial charge in [-0.3, -0.25) is 10.3 Å². The van der Waals surface area contributed by atoms with E-state index >= 15 is 0 Å². The molecule has 1 heterocycles. The van der Waals surface area contributed by atoms with Gasteiger partial charge in [0.15, 0.2) is 5.11 Å². The SMILES string of the molecule is Cc1cc(/C=N/NC(N)=S)ccc1N1CCN(Cc2ccccc2)CC1. The average molecular weight is 368 g/mol. The van der Waals surface area contributed by atoms with Crippen LogP contribution in [0.5, 0.6) is 0 Å². The molecule has 0 amide bonds. The average Bonchev–Trinajstić information content (AvgIpc) is 2.63. The zero-order valence-corrected chi connectivity index (χ0v) is 15.9. The lowest BCUT2D eigenvalue weighted by Crippen LogP contribution is -2.46. The maximum Gasteiger partial charge on any atom is 0.184 e. The topological polar surface area (TPSA) is 56.9 Å². The summed E-state index contributed by atoms with van der Waals surface area (Å²) in [5, 5.41) is 4.18. The Hall–Kier alpha value is -2.44. The number of aryl methyl sites for hydroxylation is 1. The van der Waals surface area contributed by atoms with Gasteiger partial charge in [0.25, 0.3) is 0 Å². The number of benzene rings is 2. The number of piperazine rings is 1. The van der Waals surface area contributed by atoms with Crippen LogP contribution in [0.4, 0.5) is 5.69 Å². The fourth-order valence-corrected chi connectivity index (χ4v) is 3.33. The van der Waals surface area contributed by atoms with E-state index in [2.05, 4.69) is 75.8 Å². The van der Waals surface area contributed by atoms with E-state index in [0.29, 0.717) is 0 Å². The van der Waals surface area contributed by atoms with Crippen LogP contribution in [0.3, 0.4) is 0 Å². The van der Waals surface area contributed by atoms with Crippen molar-refractivity contribution < 1.29 is 0 Å². The van der Waals surface area contributed by atoms with E-state index in [1.54, 1.807) is 6.21 Å². The van der Waals surface area contributed by atoms with Gasteiger partial charge in [0.05, 0.1) is 6.21 Å². The van der Waals surface area contributed by atoms with Gasteiger partial charge in [-0.05, 0) is 48.0 Å². The molecule has 0 unspecified atom stereocenters. The van der Waals surface area contributed by atoms with Gasteiger partial charge in [0.2, 0.25) is 0 Å². The zero-order chi connectivity index (χ0) is 18.4. The third-order valence-corrected chi connectivity index (χ3v) is 4.66. The minimum atomic E-state index is 0.169. The Morgan fingerprint density at radius 3 is 2.54 bits per heavy atom. The van der Waals surface area contributed by atoms with E-state index in [-0.39, 0.29) is 5.11 Å². The summed E-state index contributed by atoms with van der Waals surface area (Å²) >= 11 is 4.74. The van der Waals surface area contributed by atoms with Gasteiger partial charge in [0, 0.05) is 38.4 Å². The Labute approximate surface area is 160 Å². The Kier molecular flexibility index (Phi) is 6.20. The normalized spacial score (nSPS) is 15.3. The Morgan fingerprint density at radius 1 is 1.15 bits per heavy atom. The van der Waals surface area contributed by atoms with Gasteiger partial charge >= 0.3 is 0 Å². The molecule has 3 rings (SSSR count). The molecule has 1 fully saturated rings. The van der Waals surface area contributed by atoms with Crippen molar-refractivity contribution in [3.63, 3.8) is 0 Å². The summed E-state index contributed by atoms with van der Waals surface area (Å²) in [7, 11) is 0. The van der Waals surface area contributed by atoms with E-state index in [1.807, 2.05) is 0 Å². The minimum Gasteiger partial charge on any atom is -0.375 e. The Balaban J connectivity index is 1.57. The number of hydrazone groups is 1. The number of nitrogens with zero attached hydrogens (tertiary/aromatic N) is 3. The fourth-order valence-electron chi connectivity index (χ4n) is 3.27. The number of thiocarbonyl (C=S) groups is 1. The molecular weight excluding hydrogens is 342 g/mol. The molecule has 1 saturated heterocycles. The monoisotopic (exact) mass is 367 g/mol. The molecule has 1 aliphatic heterocycles. The largest absolute Gasteiger partial charge is 0.375 e. The third kappa shape index (κ3) is 5.03. The van der Waals surface area contributed by atoms with Crippen molar-refractivity contribution in [3.8, 4) is 0 Å². The van der Waals surface area contributed by atoms with Gasteiger partial charge < -0.3 is 10.6 Å². The predicted molar refractivity (Wildman–Crippen MR) is 113 cm³/mol. The molecule has 0 saturated carbocycles. The smallest absolute Gasteiger partial charge is 0.184 e. The van der Waals surface area contributed by atoms with Crippen LogP contribution in [0, 0.1) is 6.92 Å². The van der Waals surface area contributed by atoms with E-state index < -0.39 is 0 Å². The molecule has 6 heteroatoms. The number of hydrogen-bond acceptors (Lipinski definition) is 4. The highest BCUT2D eigenvalue weighted by Crippen LogP contribution is 2.22. The number of nitrogens with two attached hydrogens (primary N) is 1.